The van der Waals surface area contributed by atoms with Crippen LogP contribution in [0.15, 0.2) is 78.0 Å². The number of carbonyl (C=O) groups is 1. The minimum absolute atomic E-state index is 0.00599. The maximum absolute atomic E-state index is 12.3. The van der Waals surface area contributed by atoms with Crippen LogP contribution in [0, 0.1) is 0 Å². The third-order valence-corrected chi connectivity index (χ3v) is 5.27. The number of hydrogen-bond acceptors (Lipinski definition) is 5. The van der Waals surface area contributed by atoms with E-state index in [9.17, 15) is 18.7 Å². The van der Waals surface area contributed by atoms with Crippen LogP contribution in [-0.4, -0.2) is 29.2 Å². The molecule has 0 saturated carbocycles. The molecule has 0 bridgehead atoms. The lowest BCUT2D eigenvalue weighted by molar-refractivity contribution is -0.0498. The summed E-state index contributed by atoms with van der Waals surface area (Å²) in [4.78, 5) is 17.4. The lowest BCUT2D eigenvalue weighted by atomic mass is 10.1. The molecule has 0 spiro atoms. The number of amides is 1. The summed E-state index contributed by atoms with van der Waals surface area (Å²) < 4.78 is 28.6. The molecular weight excluding hydrogens is 410 g/mol. The number of thioether (sulfide) groups is 1. The number of aliphatic hydroxyl groups is 1. The van der Waals surface area contributed by atoms with Crippen LogP contribution < -0.4 is 10.1 Å². The molecule has 30 heavy (non-hydrogen) atoms. The minimum Gasteiger partial charge on any atom is -0.435 e. The fourth-order valence-corrected chi connectivity index (χ4v) is 3.47. The van der Waals surface area contributed by atoms with Crippen molar-refractivity contribution >= 4 is 17.7 Å². The van der Waals surface area contributed by atoms with Gasteiger partial charge in [0, 0.05) is 35.2 Å². The van der Waals surface area contributed by atoms with Crippen molar-refractivity contribution in [1.82, 2.24) is 10.3 Å². The summed E-state index contributed by atoms with van der Waals surface area (Å²) >= 11 is 1.65. The molecule has 1 atom stereocenters. The van der Waals surface area contributed by atoms with Crippen molar-refractivity contribution in [2.75, 3.05) is 6.54 Å². The molecule has 8 heteroatoms. The van der Waals surface area contributed by atoms with Crippen molar-refractivity contribution in [3.05, 3.63) is 89.7 Å². The number of aliphatic hydroxyl groups excluding tert-OH is 1. The average molecular weight is 430 g/mol. The van der Waals surface area contributed by atoms with Crippen molar-refractivity contribution in [3.63, 3.8) is 0 Å². The number of hydrogen-bond donors (Lipinski definition) is 2. The van der Waals surface area contributed by atoms with E-state index in [4.69, 9.17) is 0 Å². The second-order valence-corrected chi connectivity index (χ2v) is 7.40. The Bertz CT molecular complexity index is 939. The Labute approximate surface area is 177 Å². The van der Waals surface area contributed by atoms with Crippen LogP contribution in [0.25, 0.3) is 0 Å². The van der Waals surface area contributed by atoms with Gasteiger partial charge in [0.05, 0.1) is 6.10 Å². The lowest BCUT2D eigenvalue weighted by Crippen LogP contribution is -2.28. The van der Waals surface area contributed by atoms with E-state index in [-0.39, 0.29) is 18.2 Å². The molecule has 0 aliphatic heterocycles. The van der Waals surface area contributed by atoms with Crippen molar-refractivity contribution in [1.29, 1.82) is 0 Å². The molecule has 0 aliphatic rings. The number of nitrogens with zero attached hydrogens (tertiary/aromatic N) is 1. The van der Waals surface area contributed by atoms with Gasteiger partial charge < -0.3 is 15.2 Å². The molecule has 5 nitrogen and oxygen atoms in total. The Balaban J connectivity index is 1.48. The standard InChI is InChI=1S/C22H20F2N2O3S/c23-22(24)29-18-7-3-16(4-8-18)20(27)13-26-21(28)17-5-9-19(10-6-17)30-14-15-2-1-11-25-12-15/h1-12,20,22,27H,13-14H2,(H,26,28). The lowest BCUT2D eigenvalue weighted by Gasteiger charge is -2.13. The van der Waals surface area contributed by atoms with E-state index in [0.717, 1.165) is 16.2 Å². The molecule has 1 aromatic heterocycles. The second-order valence-electron chi connectivity index (χ2n) is 6.35. The van der Waals surface area contributed by atoms with Crippen molar-refractivity contribution < 1.29 is 23.4 Å². The molecule has 156 valence electrons. The van der Waals surface area contributed by atoms with E-state index in [1.807, 2.05) is 30.5 Å². The number of carbonyl (C=O) groups excluding carboxylic acids is 1. The number of nitrogens with one attached hydrogen (secondary N) is 1. The number of alkyl halides is 2. The van der Waals surface area contributed by atoms with Gasteiger partial charge in [0.15, 0.2) is 0 Å². The molecule has 1 unspecified atom stereocenters. The number of aromatic nitrogens is 1. The molecule has 1 heterocycles. The summed E-state index contributed by atoms with van der Waals surface area (Å²) in [7, 11) is 0. The van der Waals surface area contributed by atoms with E-state index in [1.54, 1.807) is 30.1 Å². The van der Waals surface area contributed by atoms with Crippen LogP contribution in [0.1, 0.15) is 27.6 Å². The van der Waals surface area contributed by atoms with Crippen LogP contribution in [-0.2, 0) is 5.75 Å². The SMILES string of the molecule is O=C(NCC(O)c1ccc(OC(F)F)cc1)c1ccc(SCc2cccnc2)cc1. The molecular formula is C22H20F2N2O3S. The van der Waals surface area contributed by atoms with Gasteiger partial charge in [-0.05, 0) is 53.6 Å². The maximum atomic E-state index is 12.3. The number of ether oxygens (including phenoxy) is 1. The molecule has 3 aromatic rings. The Kier molecular flexibility index (Phi) is 7.75. The predicted octanol–water partition coefficient (Wildman–Crippen LogP) is 4.44. The molecule has 0 aliphatic carbocycles. The Hall–Kier alpha value is -2.97. The zero-order valence-electron chi connectivity index (χ0n) is 15.9. The zero-order chi connectivity index (χ0) is 21.3. The molecule has 0 radical (unpaired) electrons. The first kappa shape index (κ1) is 21.7. The highest BCUT2D eigenvalue weighted by Crippen LogP contribution is 2.23. The van der Waals surface area contributed by atoms with Gasteiger partial charge in [0.25, 0.3) is 5.91 Å². The highest BCUT2D eigenvalue weighted by Gasteiger charge is 2.12. The smallest absolute Gasteiger partial charge is 0.387 e. The summed E-state index contributed by atoms with van der Waals surface area (Å²) in [5, 5.41) is 12.9. The van der Waals surface area contributed by atoms with Crippen LogP contribution in [0.3, 0.4) is 0 Å². The van der Waals surface area contributed by atoms with Gasteiger partial charge in [0.2, 0.25) is 0 Å². The van der Waals surface area contributed by atoms with Crippen LogP contribution in [0.4, 0.5) is 8.78 Å². The first-order valence-corrected chi connectivity index (χ1v) is 10.1. The van der Waals surface area contributed by atoms with Crippen molar-refractivity contribution in [2.24, 2.45) is 0 Å². The van der Waals surface area contributed by atoms with Gasteiger partial charge in [-0.1, -0.05) is 18.2 Å². The largest absolute Gasteiger partial charge is 0.435 e. The first-order valence-electron chi connectivity index (χ1n) is 9.14. The number of benzene rings is 2. The van der Waals surface area contributed by atoms with Crippen LogP contribution >= 0.6 is 11.8 Å². The molecule has 0 saturated heterocycles. The van der Waals surface area contributed by atoms with E-state index in [0.29, 0.717) is 11.1 Å². The summed E-state index contributed by atoms with van der Waals surface area (Å²) in [6, 6.07) is 16.7. The average Bonchev–Trinajstić information content (AvgIpc) is 2.77. The zero-order valence-corrected chi connectivity index (χ0v) is 16.7. The first-order chi connectivity index (χ1) is 14.5. The predicted molar refractivity (Wildman–Crippen MR) is 111 cm³/mol. The normalized spacial score (nSPS) is 11.9. The fourth-order valence-electron chi connectivity index (χ4n) is 2.63. The number of pyridine rings is 1. The number of halogens is 2. The van der Waals surface area contributed by atoms with Crippen molar-refractivity contribution in [3.8, 4) is 5.75 Å². The summed E-state index contributed by atoms with van der Waals surface area (Å²) in [5.74, 6) is 0.481. The molecule has 1 amide bonds. The Morgan fingerprint density at radius 2 is 1.83 bits per heavy atom. The van der Waals surface area contributed by atoms with Gasteiger partial charge in [-0.15, -0.1) is 11.8 Å². The van der Waals surface area contributed by atoms with E-state index in [1.165, 1.54) is 24.3 Å². The van der Waals surface area contributed by atoms with Gasteiger partial charge in [-0.3, -0.25) is 9.78 Å². The molecule has 2 aromatic carbocycles. The topological polar surface area (TPSA) is 71.5 Å². The van der Waals surface area contributed by atoms with Gasteiger partial charge >= 0.3 is 6.61 Å². The number of rotatable bonds is 9. The van der Waals surface area contributed by atoms with Gasteiger partial charge in [-0.2, -0.15) is 8.78 Å². The third-order valence-electron chi connectivity index (χ3n) is 4.19. The highest BCUT2D eigenvalue weighted by atomic mass is 32.2. The van der Waals surface area contributed by atoms with Gasteiger partial charge in [0.1, 0.15) is 5.75 Å². The van der Waals surface area contributed by atoms with E-state index >= 15 is 0 Å². The van der Waals surface area contributed by atoms with E-state index < -0.39 is 12.7 Å². The Morgan fingerprint density at radius 3 is 2.47 bits per heavy atom. The third kappa shape index (κ3) is 6.53. The highest BCUT2D eigenvalue weighted by molar-refractivity contribution is 7.98. The molecule has 2 N–H and O–H groups in total. The molecule has 3 rings (SSSR count). The summed E-state index contributed by atoms with van der Waals surface area (Å²) in [6.45, 7) is -2.91. The maximum Gasteiger partial charge on any atom is 0.387 e. The quantitative estimate of drug-likeness (QED) is 0.491. The summed E-state index contributed by atoms with van der Waals surface area (Å²) in [5.41, 5.74) is 2.08. The van der Waals surface area contributed by atoms with E-state index in [2.05, 4.69) is 15.0 Å². The molecule has 0 fully saturated rings. The minimum atomic E-state index is -2.90. The second kappa shape index (κ2) is 10.7. The van der Waals surface area contributed by atoms with Crippen LogP contribution in [0.2, 0.25) is 0 Å². The fraction of sp³-hybridized carbons (Fsp3) is 0.182. The monoisotopic (exact) mass is 430 g/mol. The van der Waals surface area contributed by atoms with Gasteiger partial charge in [-0.25, -0.2) is 0 Å². The Morgan fingerprint density at radius 1 is 1.10 bits per heavy atom. The van der Waals surface area contributed by atoms with Crippen molar-refractivity contribution in [2.45, 2.75) is 23.4 Å². The van der Waals surface area contributed by atoms with Crippen LogP contribution in [0.5, 0.6) is 5.75 Å². The summed E-state index contributed by atoms with van der Waals surface area (Å²) in [6.07, 6.45) is 2.58.